The molecule has 6 nitrogen and oxygen atoms in total. The van der Waals surface area contributed by atoms with E-state index >= 15 is 0 Å². The number of pyridine rings is 1. The maximum absolute atomic E-state index is 12.3. The van der Waals surface area contributed by atoms with Crippen LogP contribution in [0.2, 0.25) is 0 Å². The second-order valence-corrected chi connectivity index (χ2v) is 9.63. The van der Waals surface area contributed by atoms with Gasteiger partial charge in [-0.05, 0) is 75.4 Å². The van der Waals surface area contributed by atoms with Crippen molar-refractivity contribution in [3.63, 3.8) is 0 Å². The molecule has 1 fully saturated rings. The van der Waals surface area contributed by atoms with E-state index in [1.807, 2.05) is 18.2 Å². The molecule has 0 spiro atoms. The zero-order chi connectivity index (χ0) is 23.0. The summed E-state index contributed by atoms with van der Waals surface area (Å²) in [5.74, 6) is 0. The van der Waals surface area contributed by atoms with Crippen LogP contribution in [0.4, 0.5) is 11.4 Å². The van der Waals surface area contributed by atoms with E-state index in [4.69, 9.17) is 4.74 Å². The Morgan fingerprint density at radius 1 is 1.19 bits per heavy atom. The van der Waals surface area contributed by atoms with E-state index in [0.717, 1.165) is 33.8 Å². The Hall–Kier alpha value is -2.51. The number of nitrogens with zero attached hydrogens (tertiary/aromatic N) is 3. The van der Waals surface area contributed by atoms with Crippen LogP contribution < -0.4 is 4.90 Å². The first-order chi connectivity index (χ1) is 15.2. The van der Waals surface area contributed by atoms with Crippen molar-refractivity contribution in [2.45, 2.75) is 59.2 Å². The second kappa shape index (κ2) is 9.16. The van der Waals surface area contributed by atoms with E-state index < -0.39 is 0 Å². The topological polar surface area (TPSA) is 68.5 Å². The van der Waals surface area contributed by atoms with Gasteiger partial charge in [-0.15, -0.1) is 0 Å². The van der Waals surface area contributed by atoms with Gasteiger partial charge in [-0.3, -0.25) is 10.1 Å². The number of halogens is 1. The summed E-state index contributed by atoms with van der Waals surface area (Å²) in [6, 6.07) is 12.3. The van der Waals surface area contributed by atoms with Gasteiger partial charge in [0.25, 0.3) is 0 Å². The minimum atomic E-state index is -0.284. The molecule has 168 valence electrons. The highest BCUT2D eigenvalue weighted by atomic mass is 79.9. The van der Waals surface area contributed by atoms with Crippen LogP contribution in [0.1, 0.15) is 42.1 Å². The van der Waals surface area contributed by atoms with Crippen LogP contribution >= 0.6 is 15.9 Å². The molecule has 2 aromatic carbocycles. The van der Waals surface area contributed by atoms with Crippen LogP contribution in [-0.2, 0) is 11.3 Å². The summed E-state index contributed by atoms with van der Waals surface area (Å²) in [5, 5.41) is 13.1. The maximum atomic E-state index is 12.3. The molecule has 1 saturated heterocycles. The molecule has 0 amide bonds. The number of ether oxygens (including phenoxy) is 1. The molecule has 0 bridgehead atoms. The van der Waals surface area contributed by atoms with Gasteiger partial charge in [-0.2, -0.15) is 0 Å². The Labute approximate surface area is 196 Å². The molecule has 2 atom stereocenters. The van der Waals surface area contributed by atoms with Crippen LogP contribution in [0.3, 0.4) is 0 Å². The highest BCUT2D eigenvalue weighted by Gasteiger charge is 2.33. The SMILES string of the molecule is Cc1ccc(CN(c2c([N+](=O)[O-])c(C)nc3ccc(Br)cc23)[C@@H]2CCO[C@H](C)C2)cc1C. The molecule has 4 rings (SSSR count). The summed E-state index contributed by atoms with van der Waals surface area (Å²) in [7, 11) is 0. The van der Waals surface area contributed by atoms with Crippen LogP contribution in [0.25, 0.3) is 10.9 Å². The predicted octanol–water partition coefficient (Wildman–Crippen LogP) is 6.40. The van der Waals surface area contributed by atoms with E-state index in [1.165, 1.54) is 11.1 Å². The van der Waals surface area contributed by atoms with Gasteiger partial charge in [0.2, 0.25) is 0 Å². The Morgan fingerprint density at radius 3 is 2.66 bits per heavy atom. The summed E-state index contributed by atoms with van der Waals surface area (Å²) in [5.41, 5.74) is 5.52. The summed E-state index contributed by atoms with van der Waals surface area (Å²) in [6.07, 6.45) is 1.75. The Morgan fingerprint density at radius 2 is 1.97 bits per heavy atom. The molecule has 2 heterocycles. The number of nitro groups is 1. The molecular formula is C25H28BrN3O3. The molecule has 3 aromatic rings. The van der Waals surface area contributed by atoms with Gasteiger partial charge in [-0.1, -0.05) is 34.1 Å². The lowest BCUT2D eigenvalue weighted by molar-refractivity contribution is -0.384. The molecule has 0 aliphatic carbocycles. The fraction of sp³-hybridized carbons (Fsp3) is 0.400. The first kappa shape index (κ1) is 22.7. The van der Waals surface area contributed by atoms with Crippen molar-refractivity contribution in [2.24, 2.45) is 0 Å². The molecule has 0 N–H and O–H groups in total. The van der Waals surface area contributed by atoms with Crippen molar-refractivity contribution in [3.8, 4) is 0 Å². The number of aromatic nitrogens is 1. The molecule has 32 heavy (non-hydrogen) atoms. The van der Waals surface area contributed by atoms with Crippen LogP contribution in [0.15, 0.2) is 40.9 Å². The quantitative estimate of drug-likeness (QED) is 0.301. The lowest BCUT2D eigenvalue weighted by atomic mass is 9.98. The zero-order valence-corrected chi connectivity index (χ0v) is 20.5. The fourth-order valence-corrected chi connectivity index (χ4v) is 4.95. The molecule has 0 unspecified atom stereocenters. The van der Waals surface area contributed by atoms with Gasteiger partial charge in [0, 0.05) is 29.1 Å². The third-order valence-electron chi connectivity index (χ3n) is 6.36. The van der Waals surface area contributed by atoms with Gasteiger partial charge < -0.3 is 9.64 Å². The molecule has 0 saturated carbocycles. The minimum Gasteiger partial charge on any atom is -0.378 e. The van der Waals surface area contributed by atoms with Gasteiger partial charge in [-0.25, -0.2) is 4.98 Å². The first-order valence-corrected chi connectivity index (χ1v) is 11.7. The molecule has 7 heteroatoms. The Bertz CT molecular complexity index is 1180. The standard InChI is InChI=1S/C25H28BrN3O3/c1-15-5-6-19(11-16(15)2)14-28(21-9-10-32-17(3)12-21)25-22-13-20(26)7-8-23(22)27-18(4)24(25)29(30)31/h5-8,11,13,17,21H,9-10,12,14H2,1-4H3/t17-,21-/m1/s1. The molecule has 1 aromatic heterocycles. The van der Waals surface area contributed by atoms with E-state index in [0.29, 0.717) is 24.5 Å². The van der Waals surface area contributed by atoms with Crippen molar-refractivity contribution in [1.29, 1.82) is 0 Å². The normalized spacial score (nSPS) is 18.7. The van der Waals surface area contributed by atoms with Crippen LogP contribution in [0.5, 0.6) is 0 Å². The average molecular weight is 498 g/mol. The number of fused-ring (bicyclic) bond motifs is 1. The van der Waals surface area contributed by atoms with Gasteiger partial charge in [0.15, 0.2) is 0 Å². The largest absolute Gasteiger partial charge is 0.378 e. The van der Waals surface area contributed by atoms with E-state index in [1.54, 1.807) is 6.92 Å². The van der Waals surface area contributed by atoms with Crippen LogP contribution in [-0.4, -0.2) is 28.7 Å². The van der Waals surface area contributed by atoms with Crippen molar-refractivity contribution in [1.82, 2.24) is 4.98 Å². The summed E-state index contributed by atoms with van der Waals surface area (Å²) >= 11 is 3.55. The fourth-order valence-electron chi connectivity index (χ4n) is 4.58. The third-order valence-corrected chi connectivity index (χ3v) is 6.85. The maximum Gasteiger partial charge on any atom is 0.314 e. The van der Waals surface area contributed by atoms with Gasteiger partial charge >= 0.3 is 5.69 Å². The van der Waals surface area contributed by atoms with E-state index in [9.17, 15) is 10.1 Å². The lowest BCUT2D eigenvalue weighted by Gasteiger charge is -2.38. The van der Waals surface area contributed by atoms with Crippen molar-refractivity contribution in [2.75, 3.05) is 11.5 Å². The molecule has 1 aliphatic heterocycles. The summed E-state index contributed by atoms with van der Waals surface area (Å²) in [4.78, 5) is 18.8. The smallest absolute Gasteiger partial charge is 0.314 e. The number of hydrogen-bond donors (Lipinski definition) is 0. The van der Waals surface area contributed by atoms with Gasteiger partial charge in [0.1, 0.15) is 11.4 Å². The Balaban J connectivity index is 1.95. The highest BCUT2D eigenvalue weighted by Crippen LogP contribution is 2.41. The third kappa shape index (κ3) is 4.50. The number of aryl methyl sites for hydroxylation is 3. The number of anilines is 1. The van der Waals surface area contributed by atoms with Crippen molar-refractivity contribution >= 4 is 38.2 Å². The number of benzene rings is 2. The van der Waals surface area contributed by atoms with E-state index in [-0.39, 0.29) is 22.8 Å². The molecular weight excluding hydrogens is 470 g/mol. The Kier molecular flexibility index (Phi) is 6.49. The molecule has 1 aliphatic rings. The van der Waals surface area contributed by atoms with Gasteiger partial charge in [0.05, 0.1) is 16.5 Å². The monoisotopic (exact) mass is 497 g/mol. The second-order valence-electron chi connectivity index (χ2n) is 8.72. The molecule has 0 radical (unpaired) electrons. The van der Waals surface area contributed by atoms with Crippen LogP contribution in [0, 0.1) is 30.9 Å². The van der Waals surface area contributed by atoms with Crippen molar-refractivity contribution < 1.29 is 9.66 Å². The predicted molar refractivity (Wildman–Crippen MR) is 131 cm³/mol. The number of hydrogen-bond acceptors (Lipinski definition) is 5. The minimum absolute atomic E-state index is 0.0820. The highest BCUT2D eigenvalue weighted by molar-refractivity contribution is 9.10. The lowest BCUT2D eigenvalue weighted by Crippen LogP contribution is -2.42. The van der Waals surface area contributed by atoms with E-state index in [2.05, 4.69) is 64.8 Å². The average Bonchev–Trinajstić information content (AvgIpc) is 2.74. The summed E-state index contributed by atoms with van der Waals surface area (Å²) in [6.45, 7) is 9.23. The first-order valence-electron chi connectivity index (χ1n) is 10.9. The summed E-state index contributed by atoms with van der Waals surface area (Å²) < 4.78 is 6.68. The number of rotatable bonds is 5. The van der Waals surface area contributed by atoms with Crippen molar-refractivity contribution in [3.05, 3.63) is 73.4 Å². The zero-order valence-electron chi connectivity index (χ0n) is 18.9.